The molecule has 0 aromatic rings. The first-order valence-electron chi connectivity index (χ1n) is 8.37. The average molecular weight is 608 g/mol. The maximum atomic E-state index is 11.8. The summed E-state index contributed by atoms with van der Waals surface area (Å²) in [5, 5.41) is 8.63. The molecule has 0 fully saturated rings. The van der Waals surface area contributed by atoms with Crippen LogP contribution in [-0.4, -0.2) is 58.8 Å². The molecule has 2 unspecified atom stereocenters. The second-order valence-corrected chi connectivity index (χ2v) is 14.4. The molecule has 0 aromatic heterocycles. The highest BCUT2D eigenvalue weighted by Crippen LogP contribution is 2.28. The molecule has 0 spiro atoms. The topological polar surface area (TPSA) is 141 Å². The number of ether oxygens (including phenoxy) is 2. The Kier molecular flexibility index (Phi) is 10.3. The minimum absolute atomic E-state index is 0.0240. The van der Waals surface area contributed by atoms with Crippen molar-refractivity contribution in [1.82, 2.24) is 0 Å². The van der Waals surface area contributed by atoms with Gasteiger partial charge < -0.3 is 19.0 Å². The Morgan fingerprint density at radius 1 is 0.933 bits per heavy atom. The van der Waals surface area contributed by atoms with Crippen LogP contribution in [0.25, 0.3) is 0 Å². The van der Waals surface area contributed by atoms with Gasteiger partial charge in [-0.2, -0.15) is 0 Å². The highest BCUT2D eigenvalue weighted by molar-refractivity contribution is 9.12. The zero-order chi connectivity index (χ0) is 23.2. The SMILES string of the molecule is CCOC1=NS(=O)C(C(=O)O)=C1Br.CCOC1=NS(=O)C(C(=O)O[Si](C)(C)C)=C1Br. The summed E-state index contributed by atoms with van der Waals surface area (Å²) in [6, 6.07) is 0. The van der Waals surface area contributed by atoms with E-state index >= 15 is 0 Å². The van der Waals surface area contributed by atoms with Crippen LogP contribution >= 0.6 is 31.9 Å². The predicted octanol–water partition coefficient (Wildman–Crippen LogP) is 2.87. The molecule has 0 aromatic carbocycles. The molecular formula is C15H20Br2N2O8S2Si. The van der Waals surface area contributed by atoms with Gasteiger partial charge in [-0.25, -0.2) is 18.0 Å². The summed E-state index contributed by atoms with van der Waals surface area (Å²) in [5.74, 6) is -1.58. The van der Waals surface area contributed by atoms with Crippen molar-refractivity contribution in [1.29, 1.82) is 0 Å². The minimum atomic E-state index is -2.02. The van der Waals surface area contributed by atoms with Crippen LogP contribution in [0.3, 0.4) is 0 Å². The van der Waals surface area contributed by atoms with E-state index < -0.39 is 42.2 Å². The fourth-order valence-electron chi connectivity index (χ4n) is 1.78. The van der Waals surface area contributed by atoms with Gasteiger partial charge in [0.2, 0.25) is 20.1 Å². The zero-order valence-electron chi connectivity index (χ0n) is 16.7. The van der Waals surface area contributed by atoms with Gasteiger partial charge >= 0.3 is 11.9 Å². The lowest BCUT2D eigenvalue weighted by molar-refractivity contribution is -0.132. The predicted molar refractivity (Wildman–Crippen MR) is 123 cm³/mol. The average Bonchev–Trinajstić information content (AvgIpc) is 3.03. The molecule has 2 heterocycles. The van der Waals surface area contributed by atoms with Gasteiger partial charge in [0.05, 0.1) is 13.2 Å². The van der Waals surface area contributed by atoms with Gasteiger partial charge in [0, 0.05) is 0 Å². The number of aliphatic carboxylic acids is 1. The number of carboxylic acid groups (broad SMARTS) is 1. The summed E-state index contributed by atoms with van der Waals surface area (Å²) in [6.45, 7) is 9.87. The fourth-order valence-corrected chi connectivity index (χ4v) is 5.90. The Balaban J connectivity index is 0.000000311. The van der Waals surface area contributed by atoms with Crippen molar-refractivity contribution in [2.24, 2.45) is 8.80 Å². The van der Waals surface area contributed by atoms with Crippen molar-refractivity contribution in [3.8, 4) is 0 Å². The first-order chi connectivity index (χ1) is 13.8. The van der Waals surface area contributed by atoms with Gasteiger partial charge in [-0.15, -0.1) is 8.80 Å². The third kappa shape index (κ3) is 7.21. The summed E-state index contributed by atoms with van der Waals surface area (Å²) >= 11 is 6.13. The molecule has 2 rings (SSSR count). The Hall–Kier alpha value is -1.16. The Bertz CT molecular complexity index is 909. The van der Waals surface area contributed by atoms with Crippen LogP contribution in [0.5, 0.6) is 0 Å². The smallest absolute Gasteiger partial charge is 0.348 e. The second-order valence-electron chi connectivity index (χ2n) is 6.25. The van der Waals surface area contributed by atoms with Gasteiger partial charge in [-0.3, -0.25) is 0 Å². The maximum Gasteiger partial charge on any atom is 0.348 e. The fraction of sp³-hybridized carbons (Fsp3) is 0.467. The van der Waals surface area contributed by atoms with Crippen LogP contribution < -0.4 is 0 Å². The van der Waals surface area contributed by atoms with Crippen LogP contribution in [0.1, 0.15) is 13.8 Å². The number of hydrogen-bond acceptors (Lipinski definition) is 7. The van der Waals surface area contributed by atoms with Crippen molar-refractivity contribution in [3.63, 3.8) is 0 Å². The second kappa shape index (κ2) is 11.5. The number of carboxylic acids is 1. The normalized spacial score (nSPS) is 20.9. The molecule has 0 bridgehead atoms. The van der Waals surface area contributed by atoms with E-state index in [9.17, 15) is 18.0 Å². The van der Waals surface area contributed by atoms with Gasteiger partial charge in [0.1, 0.15) is 8.96 Å². The molecule has 2 aliphatic rings. The number of carbonyl (C=O) groups excluding carboxylic acids is 1. The van der Waals surface area contributed by atoms with Gasteiger partial charge in [-0.1, -0.05) is 0 Å². The molecule has 0 saturated heterocycles. The molecule has 0 amide bonds. The highest BCUT2D eigenvalue weighted by Gasteiger charge is 2.34. The van der Waals surface area contributed by atoms with Crippen molar-refractivity contribution < 1.29 is 37.0 Å². The van der Waals surface area contributed by atoms with Crippen LogP contribution in [0, 0.1) is 0 Å². The van der Waals surface area contributed by atoms with Gasteiger partial charge in [0.15, 0.2) is 31.8 Å². The molecule has 2 atom stereocenters. The number of nitrogens with zero attached hydrogens (tertiary/aromatic N) is 2. The monoisotopic (exact) mass is 606 g/mol. The molecule has 168 valence electrons. The first kappa shape index (κ1) is 26.9. The van der Waals surface area contributed by atoms with E-state index in [1.165, 1.54) is 0 Å². The lowest BCUT2D eigenvalue weighted by Gasteiger charge is -2.17. The van der Waals surface area contributed by atoms with Crippen LogP contribution in [0.15, 0.2) is 27.6 Å². The number of halogens is 2. The lowest BCUT2D eigenvalue weighted by Crippen LogP contribution is -2.30. The lowest BCUT2D eigenvalue weighted by atomic mass is 10.5. The molecule has 1 N–H and O–H groups in total. The maximum absolute atomic E-state index is 11.8. The van der Waals surface area contributed by atoms with E-state index in [1.54, 1.807) is 13.8 Å². The summed E-state index contributed by atoms with van der Waals surface area (Å²) in [5.41, 5.74) is 0. The molecule has 0 radical (unpaired) electrons. The van der Waals surface area contributed by atoms with E-state index in [4.69, 9.17) is 19.0 Å². The zero-order valence-corrected chi connectivity index (χ0v) is 22.5. The van der Waals surface area contributed by atoms with E-state index in [-0.39, 0.29) is 26.1 Å². The molecule has 10 nitrogen and oxygen atoms in total. The minimum Gasteiger partial charge on any atom is -0.516 e. The summed E-state index contributed by atoms with van der Waals surface area (Å²) in [4.78, 5) is 22.1. The third-order valence-corrected chi connectivity index (χ3v) is 7.70. The summed E-state index contributed by atoms with van der Waals surface area (Å²) in [6.07, 6.45) is 0. The quantitative estimate of drug-likeness (QED) is 0.470. The molecule has 0 saturated carbocycles. The van der Waals surface area contributed by atoms with Crippen molar-refractivity contribution in [2.75, 3.05) is 13.2 Å². The largest absolute Gasteiger partial charge is 0.516 e. The van der Waals surface area contributed by atoms with Crippen molar-refractivity contribution >= 4 is 85.9 Å². The molecular weight excluding hydrogens is 588 g/mol. The van der Waals surface area contributed by atoms with E-state index in [2.05, 4.69) is 40.7 Å². The van der Waals surface area contributed by atoms with E-state index in [1.807, 2.05) is 19.6 Å². The standard InChI is InChI=1S/C9H14BrNO4SSi.C6H6BrNO4S/c1-5-14-8-6(10)7(16(13)11-8)9(12)15-17(2,3)4;1-2-12-5-3(7)4(6(9)10)13(11)8-5/h5H2,1-4H3;2H2,1H3,(H,9,10). The molecule has 0 aliphatic carbocycles. The highest BCUT2D eigenvalue weighted by atomic mass is 79.9. The third-order valence-electron chi connectivity index (χ3n) is 2.80. The summed E-state index contributed by atoms with van der Waals surface area (Å²) < 4.78 is 45.9. The number of carbonyl (C=O) groups is 2. The van der Waals surface area contributed by atoms with E-state index in [0.717, 1.165) is 0 Å². The molecule has 30 heavy (non-hydrogen) atoms. The first-order valence-corrected chi connectivity index (χ1v) is 15.6. The molecule has 15 heteroatoms. The van der Waals surface area contributed by atoms with Gasteiger partial charge in [0.25, 0.3) is 0 Å². The van der Waals surface area contributed by atoms with Crippen LogP contribution in [-0.2, 0) is 45.5 Å². The van der Waals surface area contributed by atoms with Crippen LogP contribution in [0.2, 0.25) is 19.6 Å². The van der Waals surface area contributed by atoms with Gasteiger partial charge in [-0.05, 0) is 65.3 Å². The van der Waals surface area contributed by atoms with Crippen molar-refractivity contribution in [3.05, 3.63) is 18.8 Å². The Morgan fingerprint density at radius 3 is 1.67 bits per heavy atom. The molecule has 2 aliphatic heterocycles. The van der Waals surface area contributed by atoms with Crippen LogP contribution in [0.4, 0.5) is 0 Å². The van der Waals surface area contributed by atoms with E-state index in [0.29, 0.717) is 17.7 Å². The Morgan fingerprint density at radius 2 is 1.33 bits per heavy atom. The summed E-state index contributed by atoms with van der Waals surface area (Å²) in [7, 11) is -5.62. The number of rotatable bonds is 5. The number of hydrogen-bond donors (Lipinski definition) is 1. The van der Waals surface area contributed by atoms with Crippen molar-refractivity contribution in [2.45, 2.75) is 33.5 Å². The Labute approximate surface area is 196 Å².